The SMILES string of the molecule is NC(Cc1ncc(C2(C#P=O)C=C(Cl)C=CC2)[nH]1)C(=O)O. The van der Waals surface area contributed by atoms with Crippen molar-refractivity contribution in [3.05, 3.63) is 41.0 Å². The molecule has 1 aromatic heterocycles. The van der Waals surface area contributed by atoms with Gasteiger partial charge in [-0.05, 0) is 0 Å². The second-order valence-corrected chi connectivity index (χ2v) is 5.55. The predicted molar refractivity (Wildman–Crippen MR) is 78.8 cm³/mol. The van der Waals surface area contributed by atoms with Crippen molar-refractivity contribution in [1.29, 1.82) is 0 Å². The van der Waals surface area contributed by atoms with E-state index in [1.807, 2.05) is 6.08 Å². The molecule has 0 radical (unpaired) electrons. The zero-order valence-corrected chi connectivity index (χ0v) is 12.6. The second kappa shape index (κ2) is 6.46. The third-order valence-corrected chi connectivity index (χ3v) is 3.91. The molecule has 1 aliphatic carbocycles. The molecular weight excluding hydrogens is 313 g/mol. The quantitative estimate of drug-likeness (QED) is 0.733. The van der Waals surface area contributed by atoms with Gasteiger partial charge in [0.15, 0.2) is 0 Å². The van der Waals surface area contributed by atoms with Crippen molar-refractivity contribution in [3.63, 3.8) is 0 Å². The van der Waals surface area contributed by atoms with Crippen LogP contribution in [0.2, 0.25) is 0 Å². The third kappa shape index (κ3) is 3.55. The summed E-state index contributed by atoms with van der Waals surface area (Å²) in [5.74, 6) is -0.648. The van der Waals surface area contributed by atoms with Gasteiger partial charge in [0.05, 0.1) is 0 Å². The molecule has 0 aliphatic heterocycles. The number of allylic oxidation sites excluding steroid dienone is 4. The number of imidazole rings is 1. The average Bonchev–Trinajstić information content (AvgIpc) is 2.88. The van der Waals surface area contributed by atoms with Gasteiger partial charge in [-0.1, -0.05) is 0 Å². The standard InChI is InChI=1S/C13H13ClN3O3P/c14-8-2-1-3-13(5-8,7-21-20)10-6-16-11(17-10)4-9(15)12(18)19/h1-2,5-6,9H,3-4,15H2,(H,16,17)(H,18,19). The van der Waals surface area contributed by atoms with Crippen molar-refractivity contribution in [3.8, 4) is 5.63 Å². The summed E-state index contributed by atoms with van der Waals surface area (Å²) in [6.45, 7) is 0. The Bertz CT molecular complexity index is 722. The Kier molecular flexibility index (Phi) is 4.86. The van der Waals surface area contributed by atoms with Crippen LogP contribution in [0.5, 0.6) is 0 Å². The number of carboxylic acid groups (broad SMARTS) is 1. The summed E-state index contributed by atoms with van der Waals surface area (Å²) in [4.78, 5) is 17.9. The minimum atomic E-state index is -1.09. The van der Waals surface area contributed by atoms with Crippen molar-refractivity contribution >= 4 is 25.5 Å². The molecule has 0 aromatic carbocycles. The summed E-state index contributed by atoms with van der Waals surface area (Å²) in [5.41, 5.74) is 8.17. The molecule has 21 heavy (non-hydrogen) atoms. The monoisotopic (exact) mass is 325 g/mol. The molecule has 4 N–H and O–H groups in total. The number of rotatable bonds is 4. The number of aliphatic carboxylic acids is 1. The Morgan fingerprint density at radius 3 is 3.10 bits per heavy atom. The first-order valence-corrected chi connectivity index (χ1v) is 7.33. The number of hydrogen-bond donors (Lipinski definition) is 3. The molecule has 1 aromatic rings. The average molecular weight is 326 g/mol. The number of nitrogens with one attached hydrogen (secondary N) is 1. The van der Waals surface area contributed by atoms with Crippen LogP contribution in [0.4, 0.5) is 0 Å². The second-order valence-electron chi connectivity index (χ2n) is 4.70. The van der Waals surface area contributed by atoms with Crippen LogP contribution in [0.3, 0.4) is 0 Å². The first kappa shape index (κ1) is 15.8. The summed E-state index contributed by atoms with van der Waals surface area (Å²) in [6, 6.07) is -1.03. The van der Waals surface area contributed by atoms with Gasteiger partial charge in [-0.15, -0.1) is 0 Å². The van der Waals surface area contributed by atoms with Crippen molar-refractivity contribution in [1.82, 2.24) is 9.97 Å². The van der Waals surface area contributed by atoms with Crippen LogP contribution in [0.15, 0.2) is 29.5 Å². The molecular formula is C13H13ClN3O3P. The third-order valence-electron chi connectivity index (χ3n) is 3.19. The number of hydrogen-bond acceptors (Lipinski definition) is 4. The fourth-order valence-electron chi connectivity index (χ4n) is 2.10. The van der Waals surface area contributed by atoms with E-state index in [4.69, 9.17) is 22.4 Å². The number of nitrogens with two attached hydrogens (primary N) is 1. The van der Waals surface area contributed by atoms with E-state index >= 15 is 0 Å². The number of carboxylic acids is 1. The summed E-state index contributed by atoms with van der Waals surface area (Å²) in [5, 5.41) is 9.32. The maximum absolute atomic E-state index is 11.0. The van der Waals surface area contributed by atoms with Crippen LogP contribution in [0.25, 0.3) is 0 Å². The van der Waals surface area contributed by atoms with Gasteiger partial charge in [0.2, 0.25) is 0 Å². The zero-order chi connectivity index (χ0) is 15.5. The van der Waals surface area contributed by atoms with Crippen LogP contribution in [-0.4, -0.2) is 27.1 Å². The fraction of sp³-hybridized carbons (Fsp3) is 0.308. The summed E-state index contributed by atoms with van der Waals surface area (Å²) >= 11 is 6.02. The number of halogens is 1. The molecule has 0 fully saturated rings. The number of aromatic nitrogens is 2. The molecule has 8 heteroatoms. The van der Waals surface area contributed by atoms with Crippen LogP contribution in [-0.2, 0) is 21.2 Å². The van der Waals surface area contributed by atoms with E-state index in [2.05, 4.69) is 15.6 Å². The molecule has 2 atom stereocenters. The van der Waals surface area contributed by atoms with E-state index in [0.717, 1.165) is 0 Å². The van der Waals surface area contributed by atoms with E-state index in [-0.39, 0.29) is 14.3 Å². The van der Waals surface area contributed by atoms with Gasteiger partial charge < -0.3 is 0 Å². The van der Waals surface area contributed by atoms with Gasteiger partial charge in [0.25, 0.3) is 0 Å². The van der Waals surface area contributed by atoms with Crippen molar-refractivity contribution in [2.24, 2.45) is 5.73 Å². The van der Waals surface area contributed by atoms with E-state index in [9.17, 15) is 9.36 Å². The molecule has 6 nitrogen and oxygen atoms in total. The Hall–Kier alpha value is -1.58. The summed E-state index contributed by atoms with van der Waals surface area (Å²) in [7, 11) is -0.250. The summed E-state index contributed by atoms with van der Waals surface area (Å²) < 4.78 is 11.0. The molecule has 0 bridgehead atoms. The first-order valence-electron chi connectivity index (χ1n) is 6.14. The first-order chi connectivity index (χ1) is 9.97. The Morgan fingerprint density at radius 1 is 1.71 bits per heavy atom. The van der Waals surface area contributed by atoms with Gasteiger partial charge in [0, 0.05) is 0 Å². The zero-order valence-electron chi connectivity index (χ0n) is 10.9. The number of aromatic amines is 1. The van der Waals surface area contributed by atoms with E-state index in [1.165, 1.54) is 0 Å². The number of H-pyrrole nitrogens is 1. The van der Waals surface area contributed by atoms with Crippen LogP contribution < -0.4 is 5.73 Å². The van der Waals surface area contributed by atoms with Crippen LogP contribution in [0.1, 0.15) is 17.9 Å². The number of carbonyl (C=O) groups is 1. The van der Waals surface area contributed by atoms with Gasteiger partial charge in [-0.2, -0.15) is 0 Å². The topological polar surface area (TPSA) is 109 Å². The predicted octanol–water partition coefficient (Wildman–Crippen LogP) is 1.94. The normalized spacial score (nSPS) is 22.3. The van der Waals surface area contributed by atoms with Crippen molar-refractivity contribution < 1.29 is 14.5 Å². The van der Waals surface area contributed by atoms with E-state index < -0.39 is 17.4 Å². The van der Waals surface area contributed by atoms with Gasteiger partial charge in [-0.25, -0.2) is 0 Å². The molecule has 0 saturated heterocycles. The molecule has 2 unspecified atom stereocenters. The Morgan fingerprint density at radius 2 is 2.48 bits per heavy atom. The van der Waals surface area contributed by atoms with E-state index in [0.29, 0.717) is 23.0 Å². The molecule has 0 saturated carbocycles. The number of nitrogens with zero attached hydrogens (tertiary/aromatic N) is 1. The molecule has 2 rings (SSSR count). The van der Waals surface area contributed by atoms with Gasteiger partial charge >= 0.3 is 127 Å². The molecule has 0 spiro atoms. The maximum atomic E-state index is 11.0. The van der Waals surface area contributed by atoms with Gasteiger partial charge in [-0.3, -0.25) is 0 Å². The Labute approximate surface area is 127 Å². The molecule has 0 amide bonds. The van der Waals surface area contributed by atoms with Crippen LogP contribution >= 0.6 is 19.5 Å². The van der Waals surface area contributed by atoms with Crippen molar-refractivity contribution in [2.75, 3.05) is 0 Å². The molecule has 1 heterocycles. The van der Waals surface area contributed by atoms with Crippen molar-refractivity contribution in [2.45, 2.75) is 24.3 Å². The molecule has 1 aliphatic rings. The van der Waals surface area contributed by atoms with Crippen LogP contribution in [0, 0.1) is 5.63 Å². The Balaban J connectivity index is 2.33. The fourth-order valence-corrected chi connectivity index (χ4v) is 2.81. The minimum absolute atomic E-state index is 0.0772. The molecule has 110 valence electrons. The van der Waals surface area contributed by atoms with Gasteiger partial charge in [0.1, 0.15) is 0 Å². The summed E-state index contributed by atoms with van der Waals surface area (Å²) in [6.07, 6.45) is 7.50. The van der Waals surface area contributed by atoms with E-state index in [1.54, 1.807) is 18.3 Å².